The van der Waals surface area contributed by atoms with Gasteiger partial charge in [-0.05, 0) is 36.4 Å². The summed E-state index contributed by atoms with van der Waals surface area (Å²) in [5.74, 6) is 0.468. The van der Waals surface area contributed by atoms with Crippen LogP contribution in [0.1, 0.15) is 20.8 Å². The second kappa shape index (κ2) is 5.69. The third kappa shape index (κ3) is 2.67. The molecule has 0 fully saturated rings. The van der Waals surface area contributed by atoms with Gasteiger partial charge in [-0.2, -0.15) is 0 Å². The van der Waals surface area contributed by atoms with E-state index in [1.54, 1.807) is 60.3 Å². The number of ether oxygens (including phenoxy) is 1. The Kier molecular flexibility index (Phi) is 3.57. The molecule has 0 unspecified atom stereocenters. The maximum absolute atomic E-state index is 12.2. The zero-order valence-corrected chi connectivity index (χ0v) is 11.8. The minimum absolute atomic E-state index is 0.224. The van der Waals surface area contributed by atoms with E-state index in [4.69, 9.17) is 4.74 Å². The van der Waals surface area contributed by atoms with Crippen molar-refractivity contribution in [1.82, 2.24) is 9.38 Å². The number of amides is 1. The van der Waals surface area contributed by atoms with Gasteiger partial charge in [0.25, 0.3) is 5.91 Å². The normalized spacial score (nSPS) is 10.4. The predicted molar refractivity (Wildman–Crippen MR) is 81.5 cm³/mol. The largest absolute Gasteiger partial charge is 0.497 e. The highest BCUT2D eigenvalue weighted by Gasteiger charge is 2.07. The van der Waals surface area contributed by atoms with Crippen molar-refractivity contribution in [3.63, 3.8) is 0 Å². The first-order chi connectivity index (χ1) is 10.7. The van der Waals surface area contributed by atoms with Crippen molar-refractivity contribution in [2.24, 2.45) is 0 Å². The molecule has 0 atom stereocenters. The Labute approximate surface area is 126 Å². The van der Waals surface area contributed by atoms with E-state index >= 15 is 0 Å². The molecule has 3 rings (SSSR count). The lowest BCUT2D eigenvalue weighted by atomic mass is 10.2. The van der Waals surface area contributed by atoms with Crippen LogP contribution in [0.5, 0.6) is 5.75 Å². The molecule has 0 aliphatic rings. The SMILES string of the molecule is COc1ccc(C(=O)Nc2ccc3nc(C=O)cn3c2)cc1. The number of nitrogens with one attached hydrogen (secondary N) is 1. The maximum atomic E-state index is 12.2. The van der Waals surface area contributed by atoms with E-state index in [1.807, 2.05) is 0 Å². The van der Waals surface area contributed by atoms with Crippen LogP contribution in [-0.4, -0.2) is 28.7 Å². The van der Waals surface area contributed by atoms with E-state index in [0.717, 1.165) is 0 Å². The van der Waals surface area contributed by atoms with Crippen molar-refractivity contribution < 1.29 is 14.3 Å². The fraction of sp³-hybridized carbons (Fsp3) is 0.0625. The molecule has 0 radical (unpaired) electrons. The van der Waals surface area contributed by atoms with E-state index in [0.29, 0.717) is 34.6 Å². The van der Waals surface area contributed by atoms with Crippen molar-refractivity contribution >= 4 is 23.5 Å². The van der Waals surface area contributed by atoms with E-state index in [1.165, 1.54) is 0 Å². The molecule has 0 aliphatic carbocycles. The van der Waals surface area contributed by atoms with Crippen LogP contribution in [0, 0.1) is 0 Å². The van der Waals surface area contributed by atoms with Gasteiger partial charge < -0.3 is 14.5 Å². The second-order valence-corrected chi connectivity index (χ2v) is 4.65. The summed E-state index contributed by atoms with van der Waals surface area (Å²) in [6.07, 6.45) is 3.99. The number of hydrogen-bond donors (Lipinski definition) is 1. The number of pyridine rings is 1. The number of carbonyl (C=O) groups excluding carboxylic acids is 2. The number of hydrogen-bond acceptors (Lipinski definition) is 4. The second-order valence-electron chi connectivity index (χ2n) is 4.65. The van der Waals surface area contributed by atoms with Crippen LogP contribution < -0.4 is 10.1 Å². The van der Waals surface area contributed by atoms with Crippen molar-refractivity contribution in [1.29, 1.82) is 0 Å². The van der Waals surface area contributed by atoms with Crippen LogP contribution in [0.25, 0.3) is 5.65 Å². The van der Waals surface area contributed by atoms with Crippen molar-refractivity contribution in [3.8, 4) is 5.75 Å². The van der Waals surface area contributed by atoms with Crippen molar-refractivity contribution in [2.75, 3.05) is 12.4 Å². The minimum atomic E-state index is -0.224. The number of anilines is 1. The first-order valence-electron chi connectivity index (χ1n) is 6.59. The van der Waals surface area contributed by atoms with Gasteiger partial charge in [0.1, 0.15) is 17.1 Å². The van der Waals surface area contributed by atoms with Gasteiger partial charge in [-0.25, -0.2) is 4.98 Å². The average molecular weight is 295 g/mol. The molecule has 0 bridgehead atoms. The van der Waals surface area contributed by atoms with Crippen LogP contribution in [-0.2, 0) is 0 Å². The molecular weight excluding hydrogens is 282 g/mol. The number of fused-ring (bicyclic) bond motifs is 1. The summed E-state index contributed by atoms with van der Waals surface area (Å²) >= 11 is 0. The van der Waals surface area contributed by atoms with Crippen molar-refractivity contribution in [3.05, 3.63) is 60.0 Å². The molecule has 0 spiro atoms. The predicted octanol–water partition coefficient (Wildman–Crippen LogP) is 2.41. The van der Waals surface area contributed by atoms with Gasteiger partial charge in [-0.3, -0.25) is 9.59 Å². The van der Waals surface area contributed by atoms with Gasteiger partial charge in [-0.1, -0.05) is 0 Å². The molecule has 1 amide bonds. The molecule has 0 saturated carbocycles. The average Bonchev–Trinajstić information content (AvgIpc) is 2.97. The molecule has 6 nitrogen and oxygen atoms in total. The summed E-state index contributed by atoms with van der Waals surface area (Å²) in [4.78, 5) is 27.0. The summed E-state index contributed by atoms with van der Waals surface area (Å²) in [5, 5.41) is 2.80. The number of rotatable bonds is 4. The summed E-state index contributed by atoms with van der Waals surface area (Å²) in [5.41, 5.74) is 2.13. The zero-order chi connectivity index (χ0) is 15.5. The lowest BCUT2D eigenvalue weighted by Crippen LogP contribution is -2.12. The lowest BCUT2D eigenvalue weighted by Gasteiger charge is -2.06. The van der Waals surface area contributed by atoms with Gasteiger partial charge in [0.05, 0.1) is 12.8 Å². The van der Waals surface area contributed by atoms with Crippen LogP contribution >= 0.6 is 0 Å². The van der Waals surface area contributed by atoms with Gasteiger partial charge in [-0.15, -0.1) is 0 Å². The molecule has 22 heavy (non-hydrogen) atoms. The highest BCUT2D eigenvalue weighted by Crippen LogP contribution is 2.15. The Morgan fingerprint density at radius 3 is 2.64 bits per heavy atom. The van der Waals surface area contributed by atoms with E-state index in [9.17, 15) is 9.59 Å². The number of benzene rings is 1. The van der Waals surface area contributed by atoms with Gasteiger partial charge >= 0.3 is 0 Å². The standard InChI is InChI=1S/C16H13N3O3/c1-22-14-5-2-11(3-6-14)16(21)18-12-4-7-15-17-13(10-20)9-19(15)8-12/h2-10H,1H3,(H,18,21). The maximum Gasteiger partial charge on any atom is 0.255 e. The molecule has 1 N–H and O–H groups in total. The highest BCUT2D eigenvalue weighted by molar-refractivity contribution is 6.04. The van der Waals surface area contributed by atoms with Crippen molar-refractivity contribution in [2.45, 2.75) is 0 Å². The quantitative estimate of drug-likeness (QED) is 0.750. The number of methoxy groups -OCH3 is 1. The molecule has 6 heteroatoms. The Morgan fingerprint density at radius 2 is 1.95 bits per heavy atom. The molecule has 1 aromatic carbocycles. The molecule has 110 valence electrons. The van der Waals surface area contributed by atoms with Gasteiger partial charge in [0.15, 0.2) is 6.29 Å². The molecular formula is C16H13N3O3. The van der Waals surface area contributed by atoms with Crippen LogP contribution in [0.4, 0.5) is 5.69 Å². The van der Waals surface area contributed by atoms with Crippen LogP contribution in [0.15, 0.2) is 48.8 Å². The molecule has 0 aliphatic heterocycles. The third-order valence-corrected chi connectivity index (χ3v) is 3.20. The highest BCUT2D eigenvalue weighted by atomic mass is 16.5. The fourth-order valence-corrected chi connectivity index (χ4v) is 2.09. The topological polar surface area (TPSA) is 72.7 Å². The number of nitrogens with zero attached hydrogens (tertiary/aromatic N) is 2. The van der Waals surface area contributed by atoms with Crippen LogP contribution in [0.3, 0.4) is 0 Å². The molecule has 2 heterocycles. The monoisotopic (exact) mass is 295 g/mol. The first-order valence-corrected chi connectivity index (χ1v) is 6.59. The molecule has 2 aromatic heterocycles. The number of aromatic nitrogens is 2. The summed E-state index contributed by atoms with van der Waals surface area (Å²) in [7, 11) is 1.57. The first kappa shape index (κ1) is 13.8. The smallest absolute Gasteiger partial charge is 0.255 e. The summed E-state index contributed by atoms with van der Waals surface area (Å²) in [6, 6.07) is 10.3. The number of imidazole rings is 1. The Bertz CT molecular complexity index is 837. The van der Waals surface area contributed by atoms with Gasteiger partial charge in [0, 0.05) is 18.0 Å². The van der Waals surface area contributed by atoms with E-state index < -0.39 is 0 Å². The number of carbonyl (C=O) groups is 2. The van der Waals surface area contributed by atoms with E-state index in [-0.39, 0.29) is 5.91 Å². The number of aldehydes is 1. The molecule has 3 aromatic rings. The Balaban J connectivity index is 1.81. The summed E-state index contributed by atoms with van der Waals surface area (Å²) < 4.78 is 6.75. The summed E-state index contributed by atoms with van der Waals surface area (Å²) in [6.45, 7) is 0. The Hall–Kier alpha value is -3.15. The lowest BCUT2D eigenvalue weighted by molar-refractivity contribution is 0.102. The third-order valence-electron chi connectivity index (χ3n) is 3.20. The minimum Gasteiger partial charge on any atom is -0.497 e. The Morgan fingerprint density at radius 1 is 1.18 bits per heavy atom. The fourth-order valence-electron chi connectivity index (χ4n) is 2.09. The molecule has 0 saturated heterocycles. The van der Waals surface area contributed by atoms with Crippen LogP contribution in [0.2, 0.25) is 0 Å². The van der Waals surface area contributed by atoms with Gasteiger partial charge in [0.2, 0.25) is 0 Å². The van der Waals surface area contributed by atoms with E-state index in [2.05, 4.69) is 10.3 Å². The zero-order valence-electron chi connectivity index (χ0n) is 11.8.